The number of anilines is 7. The molecule has 0 unspecified atom stereocenters. The van der Waals surface area contributed by atoms with Gasteiger partial charge >= 0.3 is 0 Å². The Morgan fingerprint density at radius 2 is 1.02 bits per heavy atom. The second-order valence-corrected chi connectivity index (χ2v) is 21.8. The summed E-state index contributed by atoms with van der Waals surface area (Å²) in [4.78, 5) is 10.3. The van der Waals surface area contributed by atoms with Gasteiger partial charge in [-0.25, -0.2) is 31.3 Å². The number of hydrogen-bond acceptors (Lipinski definition) is 5. The monoisotopic (exact) mass is 1260 g/mol. The Bertz CT molecular complexity index is 4050. The second-order valence-electron chi connectivity index (χ2n) is 21.8. The molecule has 0 atom stereocenters. The zero-order valence-corrected chi connectivity index (χ0v) is 47.0. The molecule has 0 saturated carbocycles. The third-order valence-corrected chi connectivity index (χ3v) is 14.4. The molecule has 12 rings (SSSR count). The number of pyridine rings is 1. The smallest absolute Gasteiger partial charge is 0.136 e. The molecule has 2 aromatic heterocycles. The Labute approximate surface area is 480 Å². The molecule has 81 heavy (non-hydrogen) atoms. The topological polar surface area (TPSA) is 36.8 Å². The standard InChI is InChI=1S/C68H50F6N5O.Pt/c1-67(2,3)41-27-28-75-63(31-41)79-59-22-14-13-21-51(59)52-26-25-49(39-62(52)79)80-50-37-47(36-48(38-50)78(45-17-9-7-10-18-45)46-19-11-8-12-20-46)76-40-77(61-24-16-15-23-60(61)76)66-53(64-55(71)32-43(69)33-56(64)72)29-42(68(4,5)6)30-54(66)65-57(73)34-44(70)35-58(65)74;/h7-36,38,40H,1-6H3;/q-3;. The van der Waals surface area contributed by atoms with Crippen molar-refractivity contribution in [3.05, 3.63) is 253 Å². The van der Waals surface area contributed by atoms with E-state index in [1.807, 2.05) is 142 Å². The quantitative estimate of drug-likeness (QED) is 0.101. The largest absolute Gasteiger partial charge is 0.509 e. The number of fused-ring (bicyclic) bond motifs is 4. The van der Waals surface area contributed by atoms with E-state index in [0.29, 0.717) is 58.3 Å². The molecular weight excluding hydrogens is 1210 g/mol. The summed E-state index contributed by atoms with van der Waals surface area (Å²) in [7, 11) is 0. The van der Waals surface area contributed by atoms with Crippen LogP contribution < -0.4 is 19.4 Å². The van der Waals surface area contributed by atoms with Gasteiger partial charge in [0.1, 0.15) is 40.7 Å². The van der Waals surface area contributed by atoms with E-state index in [9.17, 15) is 8.78 Å². The molecule has 1 aliphatic heterocycles. The molecule has 408 valence electrons. The SMILES string of the molecule is CC(C)(C)c1ccnc(-n2c3[c-]c(Oc4[c-]c(N5[CH-]N(c6c(-c7c(F)cc(F)cc7F)cc(C(C)(C)C)cc6-c6c(F)cc(F)cc6F)c6ccccc65)cc(N(c5ccccc5)c5ccccc5)c4)ccc3c3ccccc32)c1.[Pt]. The first kappa shape index (κ1) is 54.4. The van der Waals surface area contributed by atoms with Crippen LogP contribution in [0.15, 0.2) is 188 Å². The zero-order chi connectivity index (χ0) is 55.8. The van der Waals surface area contributed by atoms with Crippen LogP contribution in [-0.2, 0) is 31.9 Å². The predicted octanol–water partition coefficient (Wildman–Crippen LogP) is 19.2. The molecule has 0 bridgehead atoms. The Morgan fingerprint density at radius 1 is 0.494 bits per heavy atom. The molecule has 0 saturated heterocycles. The minimum absolute atomic E-state index is 0. The average molecular weight is 1260 g/mol. The summed E-state index contributed by atoms with van der Waals surface area (Å²) in [5.74, 6) is -5.96. The van der Waals surface area contributed by atoms with Crippen molar-refractivity contribution >= 4 is 61.6 Å². The Hall–Kier alpha value is -8.60. The Morgan fingerprint density at radius 3 is 1.59 bits per heavy atom. The van der Waals surface area contributed by atoms with Gasteiger partial charge in [0, 0.05) is 108 Å². The van der Waals surface area contributed by atoms with Crippen molar-refractivity contribution in [2.24, 2.45) is 0 Å². The van der Waals surface area contributed by atoms with E-state index in [0.717, 1.165) is 44.6 Å². The number of ether oxygens (including phenoxy) is 1. The number of benzene rings is 9. The van der Waals surface area contributed by atoms with Crippen LogP contribution in [-0.4, -0.2) is 9.55 Å². The average Bonchev–Trinajstić information content (AvgIpc) is 4.17. The van der Waals surface area contributed by atoms with E-state index >= 15 is 17.6 Å². The van der Waals surface area contributed by atoms with Crippen molar-refractivity contribution in [1.29, 1.82) is 0 Å². The van der Waals surface area contributed by atoms with Crippen molar-refractivity contribution in [2.45, 2.75) is 52.4 Å². The summed E-state index contributed by atoms with van der Waals surface area (Å²) in [5, 5.41) is 1.94. The normalized spacial score (nSPS) is 12.5. The molecule has 0 fully saturated rings. The van der Waals surface area contributed by atoms with Crippen molar-refractivity contribution in [3.8, 4) is 39.6 Å². The van der Waals surface area contributed by atoms with E-state index in [1.165, 1.54) is 12.1 Å². The van der Waals surface area contributed by atoms with Crippen LogP contribution in [0.1, 0.15) is 52.7 Å². The minimum Gasteiger partial charge on any atom is -0.509 e. The van der Waals surface area contributed by atoms with Gasteiger partial charge in [0.2, 0.25) is 0 Å². The van der Waals surface area contributed by atoms with E-state index in [4.69, 9.17) is 9.72 Å². The molecular formula is C68H50F6N5OPt-3. The maximum atomic E-state index is 16.5. The molecule has 0 amide bonds. The first-order valence-electron chi connectivity index (χ1n) is 26.0. The fraction of sp³-hybridized carbons (Fsp3) is 0.118. The molecule has 0 N–H and O–H groups in total. The van der Waals surface area contributed by atoms with Crippen molar-refractivity contribution in [3.63, 3.8) is 0 Å². The van der Waals surface area contributed by atoms with Gasteiger partial charge in [-0.1, -0.05) is 125 Å². The van der Waals surface area contributed by atoms with E-state index in [2.05, 4.69) is 60.6 Å². The molecule has 1 aliphatic rings. The number of hydrogen-bond donors (Lipinski definition) is 0. The molecule has 13 heteroatoms. The first-order valence-corrected chi connectivity index (χ1v) is 26.0. The molecule has 9 aromatic carbocycles. The third kappa shape index (κ3) is 10.1. The van der Waals surface area contributed by atoms with Crippen LogP contribution in [0.4, 0.5) is 66.2 Å². The summed E-state index contributed by atoms with van der Waals surface area (Å²) in [6.07, 6.45) is 1.82. The van der Waals surface area contributed by atoms with Crippen LogP contribution in [0.2, 0.25) is 0 Å². The summed E-state index contributed by atoms with van der Waals surface area (Å²) < 4.78 is 104. The molecule has 0 spiro atoms. The van der Waals surface area contributed by atoms with Crippen LogP contribution in [0.3, 0.4) is 0 Å². The maximum absolute atomic E-state index is 16.5. The number of halogens is 6. The van der Waals surface area contributed by atoms with Gasteiger partial charge in [-0.15, -0.1) is 42.4 Å². The number of rotatable bonds is 10. The molecule has 11 aromatic rings. The minimum atomic E-state index is -1.25. The molecule has 0 aliphatic carbocycles. The van der Waals surface area contributed by atoms with Crippen molar-refractivity contribution < 1.29 is 52.1 Å². The Balaban J connectivity index is 0.00000690. The Kier molecular flexibility index (Phi) is 14.2. The van der Waals surface area contributed by atoms with Crippen LogP contribution in [0.5, 0.6) is 11.5 Å². The van der Waals surface area contributed by atoms with Gasteiger partial charge in [-0.05, 0) is 94.1 Å². The number of aromatic nitrogens is 2. The predicted molar refractivity (Wildman–Crippen MR) is 307 cm³/mol. The summed E-state index contributed by atoms with van der Waals surface area (Å²) >= 11 is 0. The van der Waals surface area contributed by atoms with Gasteiger partial charge in [-0.3, -0.25) is 0 Å². The van der Waals surface area contributed by atoms with Gasteiger partial charge in [0.05, 0.1) is 11.1 Å². The van der Waals surface area contributed by atoms with Crippen LogP contribution >= 0.6 is 0 Å². The fourth-order valence-electron chi connectivity index (χ4n) is 10.5. The van der Waals surface area contributed by atoms with E-state index in [-0.39, 0.29) is 49.0 Å². The summed E-state index contributed by atoms with van der Waals surface area (Å²) in [5.41, 5.74) is 4.25. The van der Waals surface area contributed by atoms with Crippen molar-refractivity contribution in [2.75, 3.05) is 14.7 Å². The van der Waals surface area contributed by atoms with Gasteiger partial charge in [0.25, 0.3) is 0 Å². The first-order chi connectivity index (χ1) is 38.4. The summed E-state index contributed by atoms with van der Waals surface area (Å²) in [6.45, 7) is 13.6. The van der Waals surface area contributed by atoms with Gasteiger partial charge in [-0.2, -0.15) is 6.07 Å². The van der Waals surface area contributed by atoms with Crippen LogP contribution in [0, 0.1) is 53.7 Å². The third-order valence-electron chi connectivity index (χ3n) is 14.4. The molecule has 0 radical (unpaired) electrons. The second kappa shape index (κ2) is 21.1. The van der Waals surface area contributed by atoms with E-state index in [1.54, 1.807) is 28.6 Å². The van der Waals surface area contributed by atoms with Gasteiger partial charge in [0.15, 0.2) is 0 Å². The number of nitrogens with zero attached hydrogens (tertiary/aromatic N) is 5. The van der Waals surface area contributed by atoms with E-state index < -0.39 is 51.4 Å². The van der Waals surface area contributed by atoms with Crippen LogP contribution in [0.25, 0.3) is 49.9 Å². The number of para-hydroxylation sites is 5. The van der Waals surface area contributed by atoms with Gasteiger partial charge < -0.3 is 24.0 Å². The zero-order valence-electron chi connectivity index (χ0n) is 44.7. The van der Waals surface area contributed by atoms with Crippen molar-refractivity contribution in [1.82, 2.24) is 9.55 Å². The molecule has 3 heterocycles. The molecule has 6 nitrogen and oxygen atoms in total. The summed E-state index contributed by atoms with van der Waals surface area (Å²) in [6, 6.07) is 59.0. The fourth-order valence-corrected chi connectivity index (χ4v) is 10.5. The maximum Gasteiger partial charge on any atom is 0.136 e.